The van der Waals surface area contributed by atoms with Crippen molar-refractivity contribution in [2.75, 3.05) is 6.61 Å². The van der Waals surface area contributed by atoms with E-state index in [1.807, 2.05) is 91.0 Å². The van der Waals surface area contributed by atoms with Gasteiger partial charge >= 0.3 is 5.97 Å². The summed E-state index contributed by atoms with van der Waals surface area (Å²) in [6.45, 7) is -0.603. The van der Waals surface area contributed by atoms with Gasteiger partial charge in [0.2, 0.25) is 5.82 Å². The molecule has 0 radical (unpaired) electrons. The van der Waals surface area contributed by atoms with Crippen molar-refractivity contribution in [3.05, 3.63) is 137 Å². The maximum atomic E-state index is 14.3. The molecule has 4 aromatic rings. The van der Waals surface area contributed by atoms with Gasteiger partial charge in [0, 0.05) is 4.90 Å². The Balaban J connectivity index is 1.41. The Labute approximate surface area is 259 Å². The summed E-state index contributed by atoms with van der Waals surface area (Å²) in [6, 6.07) is 27.5. The standard InChI is InChI=1S/C33H27F5O6S/c34-24-23(25(35)27(37)28(38)26(24)36)32(40)43-18-22-29(39)30(41-16-19-10-4-1-5-11-19)31(42-17-20-12-6-2-7-13-20)33(44-22)45-21-14-8-3-9-15-21/h1-15,22,29-31,33,39H,16-18H2/t22-,29-,30+,31-,33+/m1/s1. The number of benzene rings is 4. The fourth-order valence-corrected chi connectivity index (χ4v) is 5.82. The monoisotopic (exact) mass is 646 g/mol. The van der Waals surface area contributed by atoms with E-state index in [2.05, 4.69) is 0 Å². The molecular weight excluding hydrogens is 619 g/mol. The lowest BCUT2D eigenvalue weighted by molar-refractivity contribution is -0.237. The number of ether oxygens (including phenoxy) is 4. The first-order chi connectivity index (χ1) is 21.7. The van der Waals surface area contributed by atoms with Crippen molar-refractivity contribution in [1.82, 2.24) is 0 Å². The zero-order valence-corrected chi connectivity index (χ0v) is 24.3. The number of halogens is 5. The Hall–Kier alpha value is -3.81. The third kappa shape index (κ3) is 7.71. The molecule has 5 atom stereocenters. The predicted molar refractivity (Wildman–Crippen MR) is 154 cm³/mol. The molecule has 12 heteroatoms. The van der Waals surface area contributed by atoms with Crippen LogP contribution in [0.15, 0.2) is 95.9 Å². The van der Waals surface area contributed by atoms with E-state index >= 15 is 0 Å². The molecule has 1 heterocycles. The van der Waals surface area contributed by atoms with Gasteiger partial charge in [-0.2, -0.15) is 0 Å². The third-order valence-corrected chi connectivity index (χ3v) is 8.13. The van der Waals surface area contributed by atoms with Crippen LogP contribution in [-0.4, -0.2) is 47.5 Å². The highest BCUT2D eigenvalue weighted by Crippen LogP contribution is 2.37. The molecule has 1 N–H and O–H groups in total. The second-order valence-electron chi connectivity index (χ2n) is 10.0. The van der Waals surface area contributed by atoms with E-state index in [0.29, 0.717) is 0 Å². The Morgan fingerprint density at radius 3 is 1.69 bits per heavy atom. The minimum absolute atomic E-state index is 0.0630. The van der Waals surface area contributed by atoms with E-state index < -0.39 is 77.1 Å². The highest BCUT2D eigenvalue weighted by atomic mass is 32.2. The van der Waals surface area contributed by atoms with Gasteiger partial charge in [0.05, 0.1) is 13.2 Å². The van der Waals surface area contributed by atoms with E-state index in [0.717, 1.165) is 16.0 Å². The highest BCUT2D eigenvalue weighted by molar-refractivity contribution is 7.99. The summed E-state index contributed by atoms with van der Waals surface area (Å²) in [5, 5.41) is 11.4. The van der Waals surface area contributed by atoms with Crippen molar-refractivity contribution in [2.45, 2.75) is 48.0 Å². The third-order valence-electron chi connectivity index (χ3n) is 6.98. The number of esters is 1. The quantitative estimate of drug-likeness (QED) is 0.0854. The van der Waals surface area contributed by atoms with Crippen LogP contribution in [0.5, 0.6) is 0 Å². The molecule has 6 nitrogen and oxygen atoms in total. The van der Waals surface area contributed by atoms with E-state index in [1.165, 1.54) is 11.8 Å². The summed E-state index contributed by atoms with van der Waals surface area (Å²) in [5.41, 5.74) is -0.985. The van der Waals surface area contributed by atoms with Crippen LogP contribution in [0, 0.1) is 29.1 Å². The smallest absolute Gasteiger partial charge is 0.344 e. The number of carbonyl (C=O) groups is 1. The van der Waals surface area contributed by atoms with E-state index in [4.69, 9.17) is 18.9 Å². The fraction of sp³-hybridized carbons (Fsp3) is 0.242. The Morgan fingerprint density at radius 1 is 0.689 bits per heavy atom. The molecule has 0 saturated carbocycles. The van der Waals surface area contributed by atoms with Gasteiger partial charge in [0.15, 0.2) is 23.3 Å². The molecule has 0 bridgehead atoms. The lowest BCUT2D eigenvalue weighted by Gasteiger charge is -2.44. The molecule has 1 saturated heterocycles. The summed E-state index contributed by atoms with van der Waals surface area (Å²) >= 11 is 1.24. The van der Waals surface area contributed by atoms with Gasteiger partial charge in [-0.05, 0) is 23.3 Å². The van der Waals surface area contributed by atoms with Gasteiger partial charge in [-0.1, -0.05) is 90.6 Å². The molecular formula is C33H27F5O6S. The van der Waals surface area contributed by atoms with Crippen LogP contribution in [0.3, 0.4) is 0 Å². The van der Waals surface area contributed by atoms with Crippen LogP contribution in [0.2, 0.25) is 0 Å². The molecule has 45 heavy (non-hydrogen) atoms. The molecule has 4 aromatic carbocycles. The van der Waals surface area contributed by atoms with Crippen molar-refractivity contribution in [2.24, 2.45) is 0 Å². The van der Waals surface area contributed by atoms with Crippen LogP contribution >= 0.6 is 11.8 Å². The molecule has 0 spiro atoms. The largest absolute Gasteiger partial charge is 0.459 e. The SMILES string of the molecule is O=C(OC[C@H]1O[C@@H](Sc2ccccc2)[C@H](OCc2ccccc2)[C@@H](OCc2ccccc2)[C@@H]1O)c1c(F)c(F)c(F)c(F)c1F. The summed E-state index contributed by atoms with van der Waals surface area (Å²) in [4.78, 5) is 13.4. The minimum atomic E-state index is -2.41. The van der Waals surface area contributed by atoms with Crippen molar-refractivity contribution in [3.63, 3.8) is 0 Å². The van der Waals surface area contributed by atoms with Crippen molar-refractivity contribution < 1.29 is 50.8 Å². The maximum Gasteiger partial charge on any atom is 0.344 e. The Morgan fingerprint density at radius 2 is 1.16 bits per heavy atom. The number of hydrogen-bond acceptors (Lipinski definition) is 7. The highest BCUT2D eigenvalue weighted by Gasteiger charge is 2.48. The molecule has 0 amide bonds. The second kappa shape index (κ2) is 15.0. The van der Waals surface area contributed by atoms with Gasteiger partial charge in [0.1, 0.15) is 42.0 Å². The molecule has 1 aliphatic rings. The first-order valence-electron chi connectivity index (χ1n) is 13.8. The summed E-state index contributed by atoms with van der Waals surface area (Å²) in [7, 11) is 0. The predicted octanol–water partition coefficient (Wildman–Crippen LogP) is 6.59. The molecule has 0 aliphatic carbocycles. The number of carbonyl (C=O) groups excluding carboxylic acids is 1. The van der Waals surface area contributed by atoms with Crippen LogP contribution in [0.1, 0.15) is 21.5 Å². The lowest BCUT2D eigenvalue weighted by Crippen LogP contribution is -2.59. The minimum Gasteiger partial charge on any atom is -0.459 e. The first kappa shape index (κ1) is 32.6. The van der Waals surface area contributed by atoms with Gasteiger partial charge in [-0.3, -0.25) is 0 Å². The van der Waals surface area contributed by atoms with Crippen LogP contribution < -0.4 is 0 Å². The van der Waals surface area contributed by atoms with Crippen molar-refractivity contribution >= 4 is 17.7 Å². The zero-order chi connectivity index (χ0) is 31.9. The summed E-state index contributed by atoms with van der Waals surface area (Å²) < 4.78 is 93.0. The number of rotatable bonds is 11. The van der Waals surface area contributed by atoms with Gasteiger partial charge in [-0.25, -0.2) is 26.7 Å². The van der Waals surface area contributed by atoms with Crippen LogP contribution in [-0.2, 0) is 32.2 Å². The number of thioether (sulfide) groups is 1. The van der Waals surface area contributed by atoms with Crippen LogP contribution in [0.25, 0.3) is 0 Å². The first-order valence-corrected chi connectivity index (χ1v) is 14.7. The number of aliphatic hydroxyl groups excluding tert-OH is 1. The summed E-state index contributed by atoms with van der Waals surface area (Å²) in [5.74, 6) is -13.5. The zero-order valence-electron chi connectivity index (χ0n) is 23.5. The Bertz CT molecular complexity index is 1550. The van der Waals surface area contributed by atoms with Gasteiger partial charge < -0.3 is 24.1 Å². The van der Waals surface area contributed by atoms with E-state index in [9.17, 15) is 31.9 Å². The van der Waals surface area contributed by atoms with Gasteiger partial charge in [-0.15, -0.1) is 0 Å². The number of aliphatic hydroxyl groups is 1. The average Bonchev–Trinajstić information content (AvgIpc) is 3.06. The van der Waals surface area contributed by atoms with Gasteiger partial charge in [0.25, 0.3) is 0 Å². The number of hydrogen-bond donors (Lipinski definition) is 1. The molecule has 0 aromatic heterocycles. The molecule has 0 unspecified atom stereocenters. The van der Waals surface area contributed by atoms with E-state index in [1.54, 1.807) is 0 Å². The maximum absolute atomic E-state index is 14.3. The Kier molecular flexibility index (Phi) is 10.8. The van der Waals surface area contributed by atoms with Crippen molar-refractivity contribution in [3.8, 4) is 0 Å². The fourth-order valence-electron chi connectivity index (χ4n) is 4.67. The van der Waals surface area contributed by atoms with E-state index in [-0.39, 0.29) is 13.2 Å². The molecule has 1 fully saturated rings. The average molecular weight is 647 g/mol. The molecule has 5 rings (SSSR count). The molecule has 236 valence electrons. The lowest BCUT2D eigenvalue weighted by atomic mass is 9.99. The molecule has 1 aliphatic heterocycles. The summed E-state index contributed by atoms with van der Waals surface area (Å²) in [6.07, 6.45) is -4.79. The second-order valence-corrected chi connectivity index (χ2v) is 11.2. The normalized spacial score (nSPS) is 21.4. The van der Waals surface area contributed by atoms with Crippen molar-refractivity contribution in [1.29, 1.82) is 0 Å². The topological polar surface area (TPSA) is 74.2 Å². The van der Waals surface area contributed by atoms with Crippen LogP contribution in [0.4, 0.5) is 22.0 Å².